The van der Waals surface area contributed by atoms with Gasteiger partial charge in [-0.1, -0.05) is 22.6 Å². The second-order valence-corrected chi connectivity index (χ2v) is 3.40. The largest absolute Gasteiger partial charge is 0.393 e. The second-order valence-electron chi connectivity index (χ2n) is 1.53. The van der Waals surface area contributed by atoms with Crippen LogP contribution in [0.25, 0.3) is 0 Å². The lowest BCUT2D eigenvalue weighted by atomic mass is 10.5. The van der Waals surface area contributed by atoms with Crippen LogP contribution in [0.5, 0.6) is 0 Å². The first kappa shape index (κ1) is 8.87. The Morgan fingerprint density at radius 1 is 1.56 bits per heavy atom. The molecule has 0 aromatic rings. The highest BCUT2D eigenvalue weighted by molar-refractivity contribution is 14.1. The van der Waals surface area contributed by atoms with Crippen molar-refractivity contribution in [1.82, 2.24) is 0 Å². The van der Waals surface area contributed by atoms with Gasteiger partial charge in [-0.25, -0.2) is 0 Å². The van der Waals surface area contributed by atoms with Gasteiger partial charge in [0, 0.05) is 6.92 Å². The van der Waals surface area contributed by atoms with E-state index in [0.717, 1.165) is 0 Å². The number of carbonyl (C=O) groups excluding carboxylic acids is 2. The molecule has 0 aromatic heterocycles. The fraction of sp³-hybridized carbons (Fsp3) is 0.600. The first-order chi connectivity index (χ1) is 4.04. The quantitative estimate of drug-likeness (QED) is 0.297. The predicted octanol–water partition coefficient (Wildman–Crippen LogP) is 0.900. The zero-order valence-corrected chi connectivity index (χ0v) is 7.34. The highest BCUT2D eigenvalue weighted by Gasteiger charge is 2.11. The molecule has 0 aliphatic rings. The number of halogens is 1. The fourth-order valence-electron chi connectivity index (χ4n) is 0.223. The van der Waals surface area contributed by atoms with Crippen LogP contribution in [0.4, 0.5) is 0 Å². The Kier molecular flexibility index (Phi) is 3.76. The molecule has 4 heteroatoms. The minimum absolute atomic E-state index is 0.258. The van der Waals surface area contributed by atoms with Gasteiger partial charge in [-0.2, -0.15) is 0 Å². The molecule has 0 spiro atoms. The van der Waals surface area contributed by atoms with Crippen LogP contribution in [-0.2, 0) is 14.3 Å². The third-order valence-electron chi connectivity index (χ3n) is 0.569. The highest BCUT2D eigenvalue weighted by Crippen LogP contribution is 2.00. The average Bonchev–Trinajstić information content (AvgIpc) is 1.63. The molecule has 3 nitrogen and oxygen atoms in total. The van der Waals surface area contributed by atoms with E-state index in [4.69, 9.17) is 0 Å². The zero-order valence-electron chi connectivity index (χ0n) is 5.18. The number of carbonyl (C=O) groups is 2. The second kappa shape index (κ2) is 3.81. The normalized spacial score (nSPS) is 12.3. The number of hydrogen-bond acceptors (Lipinski definition) is 3. The molecular formula is C5H7IO3. The van der Waals surface area contributed by atoms with Crippen LogP contribution in [0.3, 0.4) is 0 Å². The molecule has 0 rings (SSSR count). The Bertz CT molecular complexity index is 130. The van der Waals surface area contributed by atoms with Crippen LogP contribution in [0, 0.1) is 0 Å². The number of esters is 2. The predicted molar refractivity (Wildman–Crippen MR) is 40.3 cm³/mol. The van der Waals surface area contributed by atoms with Crippen molar-refractivity contribution in [2.24, 2.45) is 0 Å². The summed E-state index contributed by atoms with van der Waals surface area (Å²) < 4.78 is 3.97. The van der Waals surface area contributed by atoms with Gasteiger partial charge in [-0.15, -0.1) is 0 Å². The van der Waals surface area contributed by atoms with E-state index >= 15 is 0 Å². The third-order valence-corrected chi connectivity index (χ3v) is 1.08. The molecular weight excluding hydrogens is 235 g/mol. The summed E-state index contributed by atoms with van der Waals surface area (Å²) in [4.78, 5) is 20.6. The molecule has 0 aliphatic heterocycles. The SMILES string of the molecule is CC(=O)OC(=O)C(C)I. The van der Waals surface area contributed by atoms with Gasteiger partial charge in [0.15, 0.2) is 0 Å². The highest BCUT2D eigenvalue weighted by atomic mass is 127. The lowest BCUT2D eigenvalue weighted by molar-refractivity contribution is -0.157. The zero-order chi connectivity index (χ0) is 7.44. The van der Waals surface area contributed by atoms with E-state index in [2.05, 4.69) is 4.74 Å². The van der Waals surface area contributed by atoms with Gasteiger partial charge in [0.25, 0.3) is 0 Å². The smallest absolute Gasteiger partial charge is 0.326 e. The molecule has 0 heterocycles. The lowest BCUT2D eigenvalue weighted by Gasteiger charge is -1.98. The van der Waals surface area contributed by atoms with Crippen molar-refractivity contribution in [2.45, 2.75) is 17.8 Å². The Labute approximate surface area is 66.9 Å². The molecule has 52 valence electrons. The van der Waals surface area contributed by atoms with E-state index in [1.165, 1.54) is 6.92 Å². The van der Waals surface area contributed by atoms with Crippen LogP contribution in [0.1, 0.15) is 13.8 Å². The minimum Gasteiger partial charge on any atom is -0.393 e. The number of ether oxygens (including phenoxy) is 1. The molecule has 9 heavy (non-hydrogen) atoms. The Morgan fingerprint density at radius 3 is 2.11 bits per heavy atom. The Hall–Kier alpha value is -0.130. The van der Waals surface area contributed by atoms with Crippen LogP contribution in [0.15, 0.2) is 0 Å². The van der Waals surface area contributed by atoms with E-state index in [1.54, 1.807) is 6.92 Å². The minimum atomic E-state index is -0.552. The van der Waals surface area contributed by atoms with Gasteiger partial charge in [-0.05, 0) is 6.92 Å². The van der Waals surface area contributed by atoms with Crippen molar-refractivity contribution in [1.29, 1.82) is 0 Å². The van der Waals surface area contributed by atoms with Crippen LogP contribution in [-0.4, -0.2) is 15.9 Å². The summed E-state index contributed by atoms with van der Waals surface area (Å²) >= 11 is 1.88. The maximum atomic E-state index is 10.5. The van der Waals surface area contributed by atoms with E-state index < -0.39 is 11.9 Å². The third kappa shape index (κ3) is 4.38. The molecule has 0 radical (unpaired) electrons. The topological polar surface area (TPSA) is 43.4 Å². The number of alkyl halides is 1. The van der Waals surface area contributed by atoms with E-state index in [-0.39, 0.29) is 3.92 Å². The fourth-order valence-corrected chi connectivity index (χ4v) is 0.350. The molecule has 0 amide bonds. The Balaban J connectivity index is 3.64. The van der Waals surface area contributed by atoms with Crippen LogP contribution in [0.2, 0.25) is 0 Å². The van der Waals surface area contributed by atoms with Crippen molar-refractivity contribution >= 4 is 34.5 Å². The summed E-state index contributed by atoms with van der Waals surface area (Å²) in [7, 11) is 0. The summed E-state index contributed by atoms with van der Waals surface area (Å²) in [5, 5.41) is 0. The van der Waals surface area contributed by atoms with Crippen LogP contribution >= 0.6 is 22.6 Å². The van der Waals surface area contributed by atoms with E-state index in [9.17, 15) is 9.59 Å². The monoisotopic (exact) mass is 242 g/mol. The standard InChI is InChI=1S/C5H7IO3/c1-3(6)5(8)9-4(2)7/h3H,1-2H3. The van der Waals surface area contributed by atoms with Gasteiger partial charge in [0.2, 0.25) is 0 Å². The number of hydrogen-bond donors (Lipinski definition) is 0. The molecule has 0 N–H and O–H groups in total. The summed E-state index contributed by atoms with van der Waals surface area (Å²) in [5.74, 6) is -1.04. The summed E-state index contributed by atoms with van der Waals surface area (Å²) in [6.45, 7) is 2.86. The lowest BCUT2D eigenvalue weighted by Crippen LogP contribution is -2.16. The van der Waals surface area contributed by atoms with Gasteiger partial charge < -0.3 is 4.74 Å². The van der Waals surface area contributed by atoms with Gasteiger partial charge >= 0.3 is 11.9 Å². The maximum Gasteiger partial charge on any atom is 0.326 e. The van der Waals surface area contributed by atoms with Gasteiger partial charge in [0.1, 0.15) is 3.92 Å². The van der Waals surface area contributed by atoms with E-state index in [0.29, 0.717) is 0 Å². The van der Waals surface area contributed by atoms with Crippen LogP contribution < -0.4 is 0 Å². The van der Waals surface area contributed by atoms with Crippen molar-refractivity contribution in [3.8, 4) is 0 Å². The molecule has 0 saturated heterocycles. The molecule has 1 unspecified atom stereocenters. The van der Waals surface area contributed by atoms with Gasteiger partial charge in [-0.3, -0.25) is 9.59 Å². The van der Waals surface area contributed by atoms with Crippen molar-refractivity contribution in [3.63, 3.8) is 0 Å². The molecule has 0 fully saturated rings. The summed E-state index contributed by atoms with van der Waals surface area (Å²) in [5.41, 5.74) is 0. The molecule has 0 bridgehead atoms. The van der Waals surface area contributed by atoms with Crippen molar-refractivity contribution in [3.05, 3.63) is 0 Å². The molecule has 0 aliphatic carbocycles. The molecule has 0 saturated carbocycles. The van der Waals surface area contributed by atoms with Crippen molar-refractivity contribution < 1.29 is 14.3 Å². The first-order valence-electron chi connectivity index (χ1n) is 2.40. The van der Waals surface area contributed by atoms with E-state index in [1.807, 2.05) is 22.6 Å². The average molecular weight is 242 g/mol. The number of rotatable bonds is 1. The maximum absolute atomic E-state index is 10.5. The van der Waals surface area contributed by atoms with Crippen molar-refractivity contribution in [2.75, 3.05) is 0 Å². The molecule has 0 aromatic carbocycles. The summed E-state index contributed by atoms with van der Waals surface area (Å²) in [6, 6.07) is 0. The Morgan fingerprint density at radius 2 is 2.00 bits per heavy atom. The first-order valence-corrected chi connectivity index (χ1v) is 3.65. The molecule has 1 atom stereocenters. The van der Waals surface area contributed by atoms with Gasteiger partial charge in [0.05, 0.1) is 0 Å². The summed E-state index contributed by atoms with van der Waals surface area (Å²) in [6.07, 6.45) is 0.